The zero-order chi connectivity index (χ0) is 17.6. The van der Waals surface area contributed by atoms with Gasteiger partial charge in [-0.3, -0.25) is 9.89 Å². The van der Waals surface area contributed by atoms with Gasteiger partial charge in [0.2, 0.25) is 5.91 Å². The van der Waals surface area contributed by atoms with Gasteiger partial charge in [-0.05, 0) is 31.2 Å². The molecule has 0 bridgehead atoms. The van der Waals surface area contributed by atoms with Gasteiger partial charge in [-0.25, -0.2) is 9.78 Å². The van der Waals surface area contributed by atoms with Crippen LogP contribution in [0, 0.1) is 0 Å². The van der Waals surface area contributed by atoms with E-state index in [1.165, 1.54) is 54.3 Å². The Kier molecular flexibility index (Phi) is 6.09. The number of carbonyl (C=O) groups excluding carboxylic acids is 2. The number of anilines is 1. The normalized spacial score (nSPS) is 14.3. The lowest BCUT2D eigenvalue weighted by Gasteiger charge is -2.10. The van der Waals surface area contributed by atoms with Crippen LogP contribution in [-0.2, 0) is 22.4 Å². The number of methoxy groups -OCH3 is 1. The van der Waals surface area contributed by atoms with Crippen LogP contribution in [0.15, 0.2) is 11.5 Å². The second kappa shape index (κ2) is 8.48. The van der Waals surface area contributed by atoms with Crippen LogP contribution >= 0.6 is 23.1 Å². The molecular formula is C16H20N4O3S2. The fourth-order valence-electron chi connectivity index (χ4n) is 2.89. The summed E-state index contributed by atoms with van der Waals surface area (Å²) in [5.74, 6) is -0.365. The third kappa shape index (κ3) is 4.40. The molecule has 0 spiro atoms. The topological polar surface area (TPSA) is 97.0 Å². The third-order valence-corrected chi connectivity index (χ3v) is 6.13. The Bertz CT molecular complexity index is 743. The van der Waals surface area contributed by atoms with E-state index < -0.39 is 0 Å². The van der Waals surface area contributed by atoms with Gasteiger partial charge in [-0.2, -0.15) is 5.10 Å². The van der Waals surface area contributed by atoms with Crippen molar-refractivity contribution in [2.75, 3.05) is 18.2 Å². The van der Waals surface area contributed by atoms with Crippen molar-refractivity contribution < 1.29 is 14.3 Å². The summed E-state index contributed by atoms with van der Waals surface area (Å²) in [6.45, 7) is 0. The van der Waals surface area contributed by atoms with Crippen LogP contribution in [0.1, 0.15) is 46.5 Å². The molecule has 2 aromatic heterocycles. The number of hydrogen-bond acceptors (Lipinski definition) is 7. The highest BCUT2D eigenvalue weighted by atomic mass is 32.2. The molecule has 0 saturated heterocycles. The molecule has 0 aliphatic heterocycles. The highest BCUT2D eigenvalue weighted by Gasteiger charge is 2.25. The minimum atomic E-state index is -0.378. The van der Waals surface area contributed by atoms with E-state index in [1.807, 2.05) is 0 Å². The summed E-state index contributed by atoms with van der Waals surface area (Å²) in [5, 5.41) is 10.5. The maximum atomic E-state index is 12.3. The fourth-order valence-corrected chi connectivity index (χ4v) is 4.76. The van der Waals surface area contributed by atoms with E-state index in [-0.39, 0.29) is 17.6 Å². The summed E-state index contributed by atoms with van der Waals surface area (Å²) in [6.07, 6.45) is 7.76. The van der Waals surface area contributed by atoms with Crippen molar-refractivity contribution in [2.45, 2.75) is 43.7 Å². The molecule has 0 atom stereocenters. The monoisotopic (exact) mass is 380 g/mol. The third-order valence-electron chi connectivity index (χ3n) is 4.05. The van der Waals surface area contributed by atoms with Crippen LogP contribution in [0.5, 0.6) is 0 Å². The first kappa shape index (κ1) is 17.9. The lowest BCUT2D eigenvalue weighted by molar-refractivity contribution is -0.113. The van der Waals surface area contributed by atoms with Gasteiger partial charge in [0.25, 0.3) is 0 Å². The molecule has 0 unspecified atom stereocenters. The van der Waals surface area contributed by atoms with E-state index in [9.17, 15) is 9.59 Å². The first-order chi connectivity index (χ1) is 12.2. The molecule has 2 heterocycles. The van der Waals surface area contributed by atoms with Crippen molar-refractivity contribution in [3.63, 3.8) is 0 Å². The Hall–Kier alpha value is -1.87. The number of ether oxygens (including phenoxy) is 1. The number of rotatable bonds is 5. The molecule has 1 aliphatic carbocycles. The fraction of sp³-hybridized carbons (Fsp3) is 0.500. The van der Waals surface area contributed by atoms with E-state index in [1.54, 1.807) is 0 Å². The lowest BCUT2D eigenvalue weighted by Crippen LogP contribution is -2.16. The van der Waals surface area contributed by atoms with Gasteiger partial charge in [-0.15, -0.1) is 11.3 Å². The standard InChI is InChI=1S/C16H20N4O3S2/c1-23-15(22)13-10-6-4-2-3-5-7-11(10)25-14(13)19-12(21)8-24-16-17-9-18-20-16/h9H,2-8H2,1H3,(H,19,21)(H,17,18,20). The van der Waals surface area contributed by atoms with Crippen molar-refractivity contribution in [1.29, 1.82) is 0 Å². The quantitative estimate of drug-likeness (QED) is 0.611. The number of esters is 1. The molecule has 2 aromatic rings. The van der Waals surface area contributed by atoms with Crippen LogP contribution in [0.3, 0.4) is 0 Å². The smallest absolute Gasteiger partial charge is 0.341 e. The number of amides is 1. The van der Waals surface area contributed by atoms with Crippen molar-refractivity contribution in [1.82, 2.24) is 15.2 Å². The van der Waals surface area contributed by atoms with Gasteiger partial charge in [0.05, 0.1) is 18.4 Å². The number of aryl methyl sites for hydroxylation is 1. The summed E-state index contributed by atoms with van der Waals surface area (Å²) in [4.78, 5) is 29.7. The average Bonchev–Trinajstić information content (AvgIpc) is 3.21. The summed E-state index contributed by atoms with van der Waals surface area (Å²) < 4.78 is 4.96. The van der Waals surface area contributed by atoms with Crippen LogP contribution < -0.4 is 5.32 Å². The average molecular weight is 380 g/mol. The second-order valence-electron chi connectivity index (χ2n) is 5.74. The number of nitrogens with zero attached hydrogens (tertiary/aromatic N) is 2. The molecule has 134 valence electrons. The molecule has 3 rings (SSSR count). The van der Waals surface area contributed by atoms with E-state index in [4.69, 9.17) is 4.74 Å². The number of H-pyrrole nitrogens is 1. The van der Waals surface area contributed by atoms with Crippen LogP contribution in [-0.4, -0.2) is 39.9 Å². The number of nitrogens with one attached hydrogen (secondary N) is 2. The Morgan fingerprint density at radius 2 is 2.12 bits per heavy atom. The molecule has 9 heteroatoms. The molecule has 1 aliphatic rings. The molecule has 1 amide bonds. The van der Waals surface area contributed by atoms with Gasteiger partial charge >= 0.3 is 5.97 Å². The number of aromatic nitrogens is 3. The van der Waals surface area contributed by atoms with Crippen LogP contribution in [0.2, 0.25) is 0 Å². The van der Waals surface area contributed by atoms with Gasteiger partial charge in [0.1, 0.15) is 11.3 Å². The van der Waals surface area contributed by atoms with E-state index in [2.05, 4.69) is 20.5 Å². The highest BCUT2D eigenvalue weighted by molar-refractivity contribution is 7.99. The summed E-state index contributed by atoms with van der Waals surface area (Å²) in [5.41, 5.74) is 1.58. The summed E-state index contributed by atoms with van der Waals surface area (Å²) in [6, 6.07) is 0. The minimum absolute atomic E-state index is 0.180. The van der Waals surface area contributed by atoms with E-state index in [0.717, 1.165) is 31.2 Å². The predicted molar refractivity (Wildman–Crippen MR) is 97.3 cm³/mol. The van der Waals surface area contributed by atoms with E-state index in [0.29, 0.717) is 15.7 Å². The Morgan fingerprint density at radius 1 is 1.32 bits per heavy atom. The van der Waals surface area contributed by atoms with Gasteiger partial charge in [0.15, 0.2) is 5.16 Å². The van der Waals surface area contributed by atoms with Crippen molar-refractivity contribution in [3.8, 4) is 0 Å². The zero-order valence-electron chi connectivity index (χ0n) is 14.0. The van der Waals surface area contributed by atoms with E-state index >= 15 is 0 Å². The maximum absolute atomic E-state index is 12.3. The van der Waals surface area contributed by atoms with Crippen LogP contribution in [0.25, 0.3) is 0 Å². The number of fused-ring (bicyclic) bond motifs is 1. The van der Waals surface area contributed by atoms with Crippen molar-refractivity contribution in [2.24, 2.45) is 0 Å². The van der Waals surface area contributed by atoms with Crippen LogP contribution in [0.4, 0.5) is 5.00 Å². The molecule has 0 aromatic carbocycles. The number of thiophene rings is 1. The number of hydrogen-bond donors (Lipinski definition) is 2. The molecule has 0 fully saturated rings. The molecule has 25 heavy (non-hydrogen) atoms. The second-order valence-corrected chi connectivity index (χ2v) is 7.81. The largest absolute Gasteiger partial charge is 0.465 e. The zero-order valence-corrected chi connectivity index (χ0v) is 15.6. The Labute approximate surface area is 153 Å². The summed E-state index contributed by atoms with van der Waals surface area (Å²) in [7, 11) is 1.38. The molecular weight excluding hydrogens is 360 g/mol. The minimum Gasteiger partial charge on any atom is -0.465 e. The number of thioether (sulfide) groups is 1. The lowest BCUT2D eigenvalue weighted by atomic mass is 9.96. The SMILES string of the molecule is COC(=O)c1c(NC(=O)CSc2ncn[nH]2)sc2c1CCCCCC2. The van der Waals surface area contributed by atoms with Gasteiger partial charge < -0.3 is 10.1 Å². The molecule has 2 N–H and O–H groups in total. The van der Waals surface area contributed by atoms with Crippen molar-refractivity contribution >= 4 is 40.0 Å². The van der Waals surface area contributed by atoms with Crippen molar-refractivity contribution in [3.05, 3.63) is 22.3 Å². The number of aromatic amines is 1. The first-order valence-corrected chi connectivity index (χ1v) is 10.00. The predicted octanol–water partition coefficient (Wildman–Crippen LogP) is 3.04. The van der Waals surface area contributed by atoms with Gasteiger partial charge in [0, 0.05) is 4.88 Å². The van der Waals surface area contributed by atoms with Gasteiger partial charge in [-0.1, -0.05) is 24.6 Å². The number of carbonyl (C=O) groups is 2. The Morgan fingerprint density at radius 3 is 2.84 bits per heavy atom. The Balaban J connectivity index is 1.78. The highest BCUT2D eigenvalue weighted by Crippen LogP contribution is 2.37. The summed E-state index contributed by atoms with van der Waals surface area (Å²) >= 11 is 2.77. The molecule has 0 saturated carbocycles. The molecule has 0 radical (unpaired) electrons. The molecule has 7 nitrogen and oxygen atoms in total. The first-order valence-electron chi connectivity index (χ1n) is 8.20. The maximum Gasteiger partial charge on any atom is 0.341 e.